The highest BCUT2D eigenvalue weighted by molar-refractivity contribution is 6.68. The summed E-state index contributed by atoms with van der Waals surface area (Å²) in [6, 6.07) is 0.637. The molecule has 0 fully saturated rings. The van der Waals surface area contributed by atoms with Gasteiger partial charge in [-0.2, -0.15) is 0 Å². The summed E-state index contributed by atoms with van der Waals surface area (Å²) < 4.78 is 86.0. The average molecular weight is 317 g/mol. The highest BCUT2D eigenvalue weighted by Gasteiger charge is 2.25. The van der Waals surface area contributed by atoms with Crippen LogP contribution in [0.4, 0.5) is 26.3 Å². The largest absolute Gasteiger partial charge is 0.494 e. The molecule has 1 nitrogen and oxygen atoms in total. The number of benzene rings is 2. The fraction of sp³-hybridized carbons (Fsp3) is 0.143. The highest BCUT2D eigenvalue weighted by atomic mass is 19.2. The summed E-state index contributed by atoms with van der Waals surface area (Å²) in [5.41, 5.74) is -2.16. The van der Waals surface area contributed by atoms with Gasteiger partial charge in [0.2, 0.25) is 7.28 Å². The second-order valence-electron chi connectivity index (χ2n) is 4.44. The van der Waals surface area contributed by atoms with Gasteiger partial charge in [0, 0.05) is 23.2 Å². The molecule has 0 unspecified atom stereocenters. The Kier molecular flexibility index (Phi) is 4.39. The van der Waals surface area contributed by atoms with E-state index >= 15 is 0 Å². The molecule has 0 saturated carbocycles. The summed E-state index contributed by atoms with van der Waals surface area (Å²) in [4.78, 5) is 0. The van der Waals surface area contributed by atoms with Crippen LogP contribution in [0.2, 0.25) is 0 Å². The lowest BCUT2D eigenvalue weighted by Crippen LogP contribution is -2.37. The maximum absolute atomic E-state index is 13.9. The van der Waals surface area contributed by atoms with Gasteiger partial charge >= 0.3 is 0 Å². The topological polar surface area (TPSA) is 9.23 Å². The van der Waals surface area contributed by atoms with Gasteiger partial charge in [-0.1, -0.05) is 0 Å². The van der Waals surface area contributed by atoms with Crippen LogP contribution in [0.5, 0.6) is 5.75 Å². The van der Waals surface area contributed by atoms with E-state index in [-0.39, 0.29) is 6.07 Å². The van der Waals surface area contributed by atoms with Crippen LogP contribution < -0.4 is 15.7 Å². The van der Waals surface area contributed by atoms with Crippen LogP contribution in [-0.2, 0) is 0 Å². The summed E-state index contributed by atoms with van der Waals surface area (Å²) in [5.74, 6) is -8.84. The monoisotopic (exact) mass is 317 g/mol. The Morgan fingerprint density at radius 1 is 0.773 bits per heavy atom. The summed E-state index contributed by atoms with van der Waals surface area (Å²) in [7, 11) is 1.51. The van der Waals surface area contributed by atoms with Gasteiger partial charge in [-0.15, -0.1) is 0 Å². The highest BCUT2D eigenvalue weighted by Crippen LogP contribution is 2.19. The maximum Gasteiger partial charge on any atom is 0.208 e. The van der Waals surface area contributed by atoms with Crippen molar-refractivity contribution >= 4 is 18.2 Å². The molecular formula is C14H8BF6O. The van der Waals surface area contributed by atoms with E-state index in [9.17, 15) is 26.3 Å². The number of methoxy groups -OCH3 is 1. The Morgan fingerprint density at radius 2 is 1.36 bits per heavy atom. The van der Waals surface area contributed by atoms with Crippen molar-refractivity contribution in [2.24, 2.45) is 0 Å². The van der Waals surface area contributed by atoms with Crippen LogP contribution in [-0.4, -0.2) is 14.4 Å². The third kappa shape index (κ3) is 2.65. The molecule has 2 rings (SSSR count). The molecule has 1 radical (unpaired) electrons. The first-order chi connectivity index (χ1) is 10.3. The van der Waals surface area contributed by atoms with Gasteiger partial charge in [0.1, 0.15) is 17.5 Å². The molecule has 0 spiro atoms. The molecule has 0 aliphatic carbocycles. The second kappa shape index (κ2) is 5.94. The van der Waals surface area contributed by atoms with Gasteiger partial charge in [0.15, 0.2) is 23.2 Å². The van der Waals surface area contributed by atoms with E-state index in [0.717, 1.165) is 14.0 Å². The molecule has 115 valence electrons. The molecule has 0 heterocycles. The molecule has 8 heteroatoms. The Hall–Kier alpha value is -2.12. The van der Waals surface area contributed by atoms with Gasteiger partial charge < -0.3 is 4.74 Å². The second-order valence-corrected chi connectivity index (χ2v) is 4.44. The molecular weight excluding hydrogens is 309 g/mol. The molecule has 0 amide bonds. The van der Waals surface area contributed by atoms with Crippen molar-refractivity contribution in [2.75, 3.05) is 7.11 Å². The zero-order chi connectivity index (χ0) is 16.6. The smallest absolute Gasteiger partial charge is 0.208 e. The number of ether oxygens (including phenoxy) is 1. The molecule has 0 aliphatic rings. The zero-order valence-electron chi connectivity index (χ0n) is 11.4. The van der Waals surface area contributed by atoms with E-state index in [2.05, 4.69) is 4.74 Å². The van der Waals surface area contributed by atoms with E-state index in [4.69, 9.17) is 0 Å². The minimum absolute atomic E-state index is 0.244. The van der Waals surface area contributed by atoms with Crippen LogP contribution in [0.3, 0.4) is 0 Å². The van der Waals surface area contributed by atoms with E-state index in [1.165, 1.54) is 0 Å². The molecule has 0 saturated heterocycles. The fourth-order valence-corrected chi connectivity index (χ4v) is 1.92. The number of hydrogen-bond acceptors (Lipinski definition) is 1. The van der Waals surface area contributed by atoms with Crippen molar-refractivity contribution in [2.45, 2.75) is 6.92 Å². The first-order valence-electron chi connectivity index (χ1n) is 5.98. The summed E-state index contributed by atoms with van der Waals surface area (Å²) in [6.07, 6.45) is 0. The van der Waals surface area contributed by atoms with E-state index in [1.54, 1.807) is 0 Å². The van der Waals surface area contributed by atoms with Gasteiger partial charge in [0.25, 0.3) is 0 Å². The third-order valence-electron chi connectivity index (χ3n) is 3.09. The van der Waals surface area contributed by atoms with Crippen LogP contribution in [0, 0.1) is 41.8 Å². The first-order valence-corrected chi connectivity index (χ1v) is 5.98. The van der Waals surface area contributed by atoms with Crippen molar-refractivity contribution in [1.29, 1.82) is 0 Å². The normalized spacial score (nSPS) is 10.7. The van der Waals surface area contributed by atoms with E-state index < -0.39 is 57.1 Å². The SMILES string of the molecule is COc1c(F)cc(F)c(F)c1[B]c1c(F)cc(F)c(C)c1F. The number of halogens is 6. The third-order valence-corrected chi connectivity index (χ3v) is 3.09. The van der Waals surface area contributed by atoms with E-state index in [1.807, 2.05) is 0 Å². The number of rotatable bonds is 3. The first kappa shape index (κ1) is 16.3. The molecule has 0 N–H and O–H groups in total. The van der Waals surface area contributed by atoms with Gasteiger partial charge in [-0.25, -0.2) is 26.3 Å². The average Bonchev–Trinajstić information content (AvgIpc) is 2.46. The van der Waals surface area contributed by atoms with Crippen molar-refractivity contribution < 1.29 is 31.1 Å². The Bertz CT molecular complexity index is 747. The van der Waals surface area contributed by atoms with Crippen LogP contribution in [0.15, 0.2) is 12.1 Å². The van der Waals surface area contributed by atoms with Crippen molar-refractivity contribution in [3.8, 4) is 5.75 Å². The van der Waals surface area contributed by atoms with Gasteiger partial charge in [0.05, 0.1) is 7.11 Å². The summed E-state index contributed by atoms with van der Waals surface area (Å²) in [5, 5.41) is 0. The van der Waals surface area contributed by atoms with Gasteiger partial charge in [-0.05, 0) is 12.4 Å². The summed E-state index contributed by atoms with van der Waals surface area (Å²) in [6.45, 7) is 1.04. The Morgan fingerprint density at radius 3 is 1.95 bits per heavy atom. The van der Waals surface area contributed by atoms with Crippen LogP contribution >= 0.6 is 0 Å². The predicted octanol–water partition coefficient (Wildman–Crippen LogP) is 2.49. The summed E-state index contributed by atoms with van der Waals surface area (Å²) >= 11 is 0. The standard InChI is InChI=1S/C14H8BF6O/c1-5-6(16)3-7(17)10(12(5)20)15-11-13(21)8(18)4-9(19)14(11)22-2/h3-4H,1-2H3. The maximum atomic E-state index is 13.9. The molecule has 2 aromatic carbocycles. The minimum atomic E-state index is -1.55. The number of hydrogen-bond donors (Lipinski definition) is 0. The van der Waals surface area contributed by atoms with Gasteiger partial charge in [-0.3, -0.25) is 0 Å². The molecule has 22 heavy (non-hydrogen) atoms. The lowest BCUT2D eigenvalue weighted by molar-refractivity contribution is 0.381. The molecule has 0 aliphatic heterocycles. The van der Waals surface area contributed by atoms with Crippen LogP contribution in [0.25, 0.3) is 0 Å². The van der Waals surface area contributed by atoms with Crippen molar-refractivity contribution in [1.82, 2.24) is 0 Å². The fourth-order valence-electron chi connectivity index (χ4n) is 1.92. The minimum Gasteiger partial charge on any atom is -0.494 e. The lowest BCUT2D eigenvalue weighted by Gasteiger charge is -2.13. The van der Waals surface area contributed by atoms with Crippen molar-refractivity contribution in [3.63, 3.8) is 0 Å². The Balaban J connectivity index is 2.64. The lowest BCUT2D eigenvalue weighted by atomic mass is 9.62. The molecule has 0 atom stereocenters. The molecule has 0 aromatic heterocycles. The molecule has 2 aromatic rings. The Labute approximate surface area is 122 Å². The zero-order valence-corrected chi connectivity index (χ0v) is 11.4. The quantitative estimate of drug-likeness (QED) is 0.480. The van der Waals surface area contributed by atoms with Crippen LogP contribution in [0.1, 0.15) is 5.56 Å². The predicted molar refractivity (Wildman–Crippen MR) is 68.9 cm³/mol. The molecule has 0 bridgehead atoms. The van der Waals surface area contributed by atoms with Crippen molar-refractivity contribution in [3.05, 3.63) is 52.6 Å². The van der Waals surface area contributed by atoms with E-state index in [0.29, 0.717) is 13.3 Å².